The highest BCUT2D eigenvalue weighted by Crippen LogP contribution is 2.40. The molecule has 3 heterocycles. The average molecular weight is 604 g/mol. The fourth-order valence-electron chi connectivity index (χ4n) is 4.54. The number of carbonyl (C=O) groups is 1. The van der Waals surface area contributed by atoms with Gasteiger partial charge in [-0.3, -0.25) is 9.78 Å². The lowest BCUT2D eigenvalue weighted by Crippen LogP contribution is -2.38. The van der Waals surface area contributed by atoms with Crippen molar-refractivity contribution in [1.29, 1.82) is 0 Å². The number of aryl methyl sites for hydroxylation is 1. The Balaban J connectivity index is 0.000000892. The summed E-state index contributed by atoms with van der Waals surface area (Å²) in [5, 5.41) is 18.1. The van der Waals surface area contributed by atoms with Gasteiger partial charge in [-0.25, -0.2) is 13.8 Å². The van der Waals surface area contributed by atoms with E-state index in [0.717, 1.165) is 37.2 Å². The molecule has 0 bridgehead atoms. The molecule has 2 aromatic heterocycles. The number of rotatable bonds is 8. The van der Waals surface area contributed by atoms with Crippen molar-refractivity contribution in [1.82, 2.24) is 9.97 Å². The Hall–Kier alpha value is -3.30. The minimum Gasteiger partial charge on any atom is -0.481 e. The van der Waals surface area contributed by atoms with Crippen molar-refractivity contribution >= 4 is 23.3 Å². The van der Waals surface area contributed by atoms with Crippen LogP contribution >= 0.6 is 11.6 Å². The van der Waals surface area contributed by atoms with Gasteiger partial charge in [-0.1, -0.05) is 31.5 Å². The second-order valence-electron chi connectivity index (χ2n) is 12.3. The summed E-state index contributed by atoms with van der Waals surface area (Å²) in [5.41, 5.74) is 3.64. The van der Waals surface area contributed by atoms with Crippen LogP contribution in [0.2, 0.25) is 5.02 Å². The maximum atomic E-state index is 15.1. The first-order valence-electron chi connectivity index (χ1n) is 13.9. The van der Waals surface area contributed by atoms with Crippen LogP contribution in [0.15, 0.2) is 36.7 Å². The number of carboxylic acids is 1. The van der Waals surface area contributed by atoms with E-state index in [9.17, 15) is 14.3 Å². The van der Waals surface area contributed by atoms with Gasteiger partial charge in [0.25, 0.3) is 0 Å². The third-order valence-corrected chi connectivity index (χ3v) is 7.15. The molecule has 0 saturated carbocycles. The van der Waals surface area contributed by atoms with Crippen molar-refractivity contribution in [2.24, 2.45) is 5.41 Å². The number of aliphatic hydroxyl groups is 1. The van der Waals surface area contributed by atoms with Crippen molar-refractivity contribution in [3.05, 3.63) is 70.1 Å². The molecule has 0 atom stereocenters. The van der Waals surface area contributed by atoms with E-state index in [1.165, 1.54) is 24.4 Å². The van der Waals surface area contributed by atoms with Crippen LogP contribution in [0.4, 0.5) is 14.5 Å². The first-order chi connectivity index (χ1) is 19.5. The van der Waals surface area contributed by atoms with Gasteiger partial charge in [0.15, 0.2) is 5.82 Å². The maximum absolute atomic E-state index is 15.1. The molecule has 1 aliphatic heterocycles. The summed E-state index contributed by atoms with van der Waals surface area (Å²) < 4.78 is 33.9. The summed E-state index contributed by atoms with van der Waals surface area (Å²) in [5.74, 6) is -2.24. The number of nitrogens with zero attached hydrogens (tertiary/aromatic N) is 3. The second-order valence-corrected chi connectivity index (χ2v) is 12.7. The molecule has 228 valence electrons. The highest BCUT2D eigenvalue weighted by molar-refractivity contribution is 6.30. The molecule has 4 rings (SSSR count). The molecule has 0 unspecified atom stereocenters. The molecule has 3 aromatic rings. The number of hydrogen-bond acceptors (Lipinski definition) is 6. The Morgan fingerprint density at radius 3 is 2.31 bits per heavy atom. The Labute approximate surface area is 251 Å². The first-order valence-corrected chi connectivity index (χ1v) is 14.3. The first kappa shape index (κ1) is 33.2. The van der Waals surface area contributed by atoms with Crippen LogP contribution in [0, 0.1) is 24.0 Å². The summed E-state index contributed by atoms with van der Waals surface area (Å²) in [6, 6.07) is 5.72. The monoisotopic (exact) mass is 603 g/mol. The molecular formula is C32H40ClF2N3O4. The van der Waals surface area contributed by atoms with Gasteiger partial charge in [-0.2, -0.15) is 0 Å². The SMILES string of the molecule is CC(C)(C)O.Cc1ncc(-c2cnc(OCCc3ccc(F)c(Cl)c3)c(F)c2)c(N2CCC(C)(C)CC2)c1CC(=O)O. The standard InChI is InChI=1S/C28H30ClF2N3O3.C4H10O/c1-17-20(14-25(35)36)26(34-9-7-28(2,3)8-10-34)21(16-32-17)19-13-24(31)27(33-15-19)37-11-6-18-4-5-23(30)22(29)12-18;1-4(2,3)5/h4-5,12-13,15-16H,6-11,14H2,1-3H3,(H,35,36);5H,1-3H3. The van der Waals surface area contributed by atoms with E-state index in [2.05, 4.69) is 28.7 Å². The van der Waals surface area contributed by atoms with Gasteiger partial charge in [-0.15, -0.1) is 0 Å². The lowest BCUT2D eigenvalue weighted by molar-refractivity contribution is -0.136. The van der Waals surface area contributed by atoms with Crippen molar-refractivity contribution in [2.45, 2.75) is 72.8 Å². The van der Waals surface area contributed by atoms with Crippen molar-refractivity contribution in [2.75, 3.05) is 24.6 Å². The Morgan fingerprint density at radius 1 is 1.10 bits per heavy atom. The topological polar surface area (TPSA) is 95.8 Å². The molecule has 42 heavy (non-hydrogen) atoms. The summed E-state index contributed by atoms with van der Waals surface area (Å²) >= 11 is 5.81. The van der Waals surface area contributed by atoms with Gasteiger partial charge >= 0.3 is 5.97 Å². The Bertz CT molecular complexity index is 1390. The van der Waals surface area contributed by atoms with E-state index in [1.807, 2.05) is 0 Å². The number of carboxylic acid groups (broad SMARTS) is 1. The Morgan fingerprint density at radius 2 is 1.74 bits per heavy atom. The summed E-state index contributed by atoms with van der Waals surface area (Å²) in [7, 11) is 0. The summed E-state index contributed by atoms with van der Waals surface area (Å²) in [6.45, 7) is 13.1. The zero-order valence-electron chi connectivity index (χ0n) is 25.1. The van der Waals surface area contributed by atoms with E-state index in [-0.39, 0.29) is 29.3 Å². The van der Waals surface area contributed by atoms with Crippen LogP contribution < -0.4 is 9.64 Å². The van der Waals surface area contributed by atoms with E-state index < -0.39 is 23.2 Å². The second kappa shape index (κ2) is 13.8. The third-order valence-electron chi connectivity index (χ3n) is 6.86. The van der Waals surface area contributed by atoms with Crippen molar-refractivity contribution in [3.63, 3.8) is 0 Å². The van der Waals surface area contributed by atoms with Gasteiger partial charge in [0, 0.05) is 54.3 Å². The molecule has 1 saturated heterocycles. The van der Waals surface area contributed by atoms with Crippen LogP contribution in [-0.2, 0) is 17.6 Å². The predicted molar refractivity (Wildman–Crippen MR) is 161 cm³/mol. The van der Waals surface area contributed by atoms with E-state index in [4.69, 9.17) is 21.4 Å². The highest BCUT2D eigenvalue weighted by Gasteiger charge is 2.29. The summed E-state index contributed by atoms with van der Waals surface area (Å²) in [4.78, 5) is 22.5. The molecule has 0 aliphatic carbocycles. The minimum atomic E-state index is -0.948. The number of halogens is 3. The van der Waals surface area contributed by atoms with Gasteiger partial charge in [-0.05, 0) is 69.7 Å². The van der Waals surface area contributed by atoms with Crippen LogP contribution in [0.25, 0.3) is 11.1 Å². The van der Waals surface area contributed by atoms with Crippen LogP contribution in [0.3, 0.4) is 0 Å². The molecule has 0 spiro atoms. The highest BCUT2D eigenvalue weighted by atomic mass is 35.5. The number of benzene rings is 1. The van der Waals surface area contributed by atoms with Crippen LogP contribution in [0.5, 0.6) is 5.88 Å². The van der Waals surface area contributed by atoms with Gasteiger partial charge < -0.3 is 19.8 Å². The summed E-state index contributed by atoms with van der Waals surface area (Å²) in [6.07, 6.45) is 5.32. The number of ether oxygens (including phenoxy) is 1. The lowest BCUT2D eigenvalue weighted by atomic mass is 9.82. The smallest absolute Gasteiger partial charge is 0.307 e. The molecule has 2 N–H and O–H groups in total. The maximum Gasteiger partial charge on any atom is 0.307 e. The minimum absolute atomic E-state index is 0.0215. The number of aliphatic carboxylic acids is 1. The fraction of sp³-hybridized carbons (Fsp3) is 0.469. The Kier molecular flexibility index (Phi) is 10.9. The number of hydrogen-bond donors (Lipinski definition) is 2. The average Bonchev–Trinajstić information content (AvgIpc) is 2.87. The zero-order valence-corrected chi connectivity index (χ0v) is 25.9. The van der Waals surface area contributed by atoms with Gasteiger partial charge in [0.05, 0.1) is 29.3 Å². The fourth-order valence-corrected chi connectivity index (χ4v) is 4.75. The number of anilines is 1. The predicted octanol–water partition coefficient (Wildman–Crippen LogP) is 7.04. The van der Waals surface area contributed by atoms with Gasteiger partial charge in [0.2, 0.25) is 5.88 Å². The van der Waals surface area contributed by atoms with Crippen molar-refractivity contribution < 1.29 is 28.5 Å². The molecule has 0 amide bonds. The zero-order chi connectivity index (χ0) is 31.2. The van der Waals surface area contributed by atoms with Crippen LogP contribution in [0.1, 0.15) is 64.3 Å². The molecule has 1 fully saturated rings. The molecule has 0 radical (unpaired) electrons. The largest absolute Gasteiger partial charge is 0.481 e. The van der Waals surface area contributed by atoms with E-state index in [1.54, 1.807) is 40.0 Å². The van der Waals surface area contributed by atoms with Crippen molar-refractivity contribution in [3.8, 4) is 17.0 Å². The van der Waals surface area contributed by atoms with E-state index in [0.29, 0.717) is 28.8 Å². The van der Waals surface area contributed by atoms with E-state index >= 15 is 4.39 Å². The quantitative estimate of drug-likeness (QED) is 0.285. The number of aromatic nitrogens is 2. The lowest BCUT2D eigenvalue weighted by Gasteiger charge is -2.40. The number of piperidine rings is 1. The molecular weight excluding hydrogens is 564 g/mol. The molecule has 1 aromatic carbocycles. The molecule has 7 nitrogen and oxygen atoms in total. The van der Waals surface area contributed by atoms with Crippen LogP contribution in [-0.4, -0.2) is 51.4 Å². The molecule has 10 heteroatoms. The number of pyridine rings is 2. The molecule has 1 aliphatic rings. The van der Waals surface area contributed by atoms with Gasteiger partial charge in [0.1, 0.15) is 5.82 Å². The third kappa shape index (κ3) is 9.63. The normalized spacial score (nSPS) is 14.7.